The average molecular weight is 579 g/mol. The van der Waals surface area contributed by atoms with E-state index in [4.69, 9.17) is 9.47 Å². The second kappa shape index (κ2) is 7.82. The van der Waals surface area contributed by atoms with Gasteiger partial charge in [0.15, 0.2) is 0 Å². The summed E-state index contributed by atoms with van der Waals surface area (Å²) >= 11 is 2.16. The zero-order chi connectivity index (χ0) is 24.5. The summed E-state index contributed by atoms with van der Waals surface area (Å²) in [6.45, 7) is 0. The van der Waals surface area contributed by atoms with Crippen LogP contribution in [0.4, 0.5) is 5.69 Å². The second-order valence-corrected chi connectivity index (χ2v) is 9.96. The van der Waals surface area contributed by atoms with Gasteiger partial charge in [-0.3, -0.25) is 19.2 Å². The maximum Gasteiger partial charge on any atom is 0.241 e. The number of para-hydroxylation sites is 2. The lowest BCUT2D eigenvalue weighted by Gasteiger charge is -2.27. The van der Waals surface area contributed by atoms with Crippen LogP contribution < -0.4 is 9.64 Å². The summed E-state index contributed by atoms with van der Waals surface area (Å²) in [6, 6.07) is 20.4. The number of carbonyl (C=O) groups is 4. The first-order valence-corrected chi connectivity index (χ1v) is 12.1. The van der Waals surface area contributed by atoms with Crippen LogP contribution in [-0.2, 0) is 14.3 Å². The summed E-state index contributed by atoms with van der Waals surface area (Å²) in [7, 11) is 1.45. The highest BCUT2D eigenvalue weighted by Crippen LogP contribution is 2.58. The van der Waals surface area contributed by atoms with E-state index in [1.165, 1.54) is 7.11 Å². The fourth-order valence-electron chi connectivity index (χ4n) is 5.52. The monoisotopic (exact) mass is 579 g/mol. The van der Waals surface area contributed by atoms with Crippen molar-refractivity contribution in [1.29, 1.82) is 0 Å². The van der Waals surface area contributed by atoms with E-state index in [9.17, 15) is 19.2 Å². The number of ketones is 2. The Hall–Kier alpha value is -3.37. The number of nitrogens with zero attached hydrogens (tertiary/aromatic N) is 1. The summed E-state index contributed by atoms with van der Waals surface area (Å²) in [5.74, 6) is -4.34. The third-order valence-electron chi connectivity index (χ3n) is 7.04. The van der Waals surface area contributed by atoms with Gasteiger partial charge in [-0.15, -0.1) is 0 Å². The number of carbonyl (C=O) groups excluding carboxylic acids is 4. The molecule has 0 aromatic heterocycles. The Labute approximate surface area is 214 Å². The SMILES string of the molecule is COc1ccccc1N1C(=O)[C@@H]2[C@@H](c3ccc(I)cc3)OC3(C(=O)c4ccccc4C3=O)[C@H]2C1=O. The molecule has 0 saturated carbocycles. The highest BCUT2D eigenvalue weighted by Gasteiger charge is 2.74. The van der Waals surface area contributed by atoms with E-state index < -0.39 is 46.9 Å². The van der Waals surface area contributed by atoms with Gasteiger partial charge < -0.3 is 9.47 Å². The maximum atomic E-state index is 14.0. The minimum absolute atomic E-state index is 0.204. The summed E-state index contributed by atoms with van der Waals surface area (Å²) < 4.78 is 12.7. The lowest BCUT2D eigenvalue weighted by atomic mass is 9.77. The zero-order valence-electron chi connectivity index (χ0n) is 18.4. The number of benzene rings is 3. The fraction of sp³-hybridized carbons (Fsp3) is 0.185. The van der Waals surface area contributed by atoms with Gasteiger partial charge in [-0.05, 0) is 52.4 Å². The molecule has 8 heteroatoms. The number of hydrogen-bond acceptors (Lipinski definition) is 6. The Morgan fingerprint density at radius 3 is 2.06 bits per heavy atom. The molecule has 2 heterocycles. The van der Waals surface area contributed by atoms with E-state index in [1.54, 1.807) is 60.7 Å². The van der Waals surface area contributed by atoms with Crippen molar-refractivity contribution in [3.05, 3.63) is 93.1 Å². The normalized spacial score (nSPS) is 24.3. The lowest BCUT2D eigenvalue weighted by Crippen LogP contribution is -2.51. The Kier molecular flexibility index (Phi) is 4.94. The highest BCUT2D eigenvalue weighted by atomic mass is 127. The Balaban J connectivity index is 1.55. The van der Waals surface area contributed by atoms with Crippen LogP contribution in [0.1, 0.15) is 32.4 Å². The van der Waals surface area contributed by atoms with Gasteiger partial charge in [0, 0.05) is 14.7 Å². The minimum Gasteiger partial charge on any atom is -0.495 e. The van der Waals surface area contributed by atoms with Crippen LogP contribution in [0, 0.1) is 15.4 Å². The molecule has 2 aliphatic heterocycles. The zero-order valence-corrected chi connectivity index (χ0v) is 20.6. The van der Waals surface area contributed by atoms with Gasteiger partial charge in [0.25, 0.3) is 0 Å². The van der Waals surface area contributed by atoms with Crippen molar-refractivity contribution in [2.24, 2.45) is 11.8 Å². The molecule has 6 rings (SSSR count). The molecule has 0 unspecified atom stereocenters. The van der Waals surface area contributed by atoms with Crippen LogP contribution in [0.2, 0.25) is 0 Å². The Bertz CT molecular complexity index is 1400. The molecule has 3 aromatic carbocycles. The lowest BCUT2D eigenvalue weighted by molar-refractivity contribution is -0.127. The number of amides is 2. The van der Waals surface area contributed by atoms with Gasteiger partial charge in [-0.2, -0.15) is 0 Å². The molecule has 2 fully saturated rings. The molecule has 174 valence electrons. The van der Waals surface area contributed by atoms with Crippen molar-refractivity contribution in [3.63, 3.8) is 0 Å². The average Bonchev–Trinajstić information content (AvgIpc) is 3.44. The number of methoxy groups -OCH3 is 1. The van der Waals surface area contributed by atoms with Gasteiger partial charge >= 0.3 is 0 Å². The summed E-state index contributed by atoms with van der Waals surface area (Å²) in [6.07, 6.45) is -0.949. The molecule has 3 atom stereocenters. The van der Waals surface area contributed by atoms with Crippen molar-refractivity contribution in [1.82, 2.24) is 0 Å². The fourth-order valence-corrected chi connectivity index (χ4v) is 5.88. The van der Waals surface area contributed by atoms with Crippen LogP contribution in [-0.4, -0.2) is 36.1 Å². The first-order chi connectivity index (χ1) is 16.9. The van der Waals surface area contributed by atoms with Crippen LogP contribution in [0.15, 0.2) is 72.8 Å². The van der Waals surface area contributed by atoms with Crippen molar-refractivity contribution >= 4 is 51.7 Å². The third-order valence-corrected chi connectivity index (χ3v) is 7.76. The molecule has 0 N–H and O–H groups in total. The van der Waals surface area contributed by atoms with E-state index in [0.717, 1.165) is 8.47 Å². The molecule has 0 bridgehead atoms. The van der Waals surface area contributed by atoms with E-state index >= 15 is 0 Å². The van der Waals surface area contributed by atoms with Crippen molar-refractivity contribution in [2.45, 2.75) is 11.7 Å². The first kappa shape index (κ1) is 22.1. The molecule has 0 radical (unpaired) electrons. The number of fused-ring (bicyclic) bond motifs is 3. The second-order valence-electron chi connectivity index (χ2n) is 8.72. The van der Waals surface area contributed by atoms with E-state index in [2.05, 4.69) is 22.6 Å². The van der Waals surface area contributed by atoms with Crippen LogP contribution >= 0.6 is 22.6 Å². The highest BCUT2D eigenvalue weighted by molar-refractivity contribution is 14.1. The smallest absolute Gasteiger partial charge is 0.241 e. The van der Waals surface area contributed by atoms with Crippen LogP contribution in [0.5, 0.6) is 5.75 Å². The molecule has 3 aromatic rings. The van der Waals surface area contributed by atoms with Crippen molar-refractivity contribution in [2.75, 3.05) is 12.0 Å². The topological polar surface area (TPSA) is 90.0 Å². The molecule has 35 heavy (non-hydrogen) atoms. The summed E-state index contributed by atoms with van der Waals surface area (Å²) in [5, 5.41) is 0. The number of hydrogen-bond donors (Lipinski definition) is 0. The first-order valence-electron chi connectivity index (χ1n) is 11.0. The number of imide groups is 1. The Morgan fingerprint density at radius 1 is 0.829 bits per heavy atom. The number of Topliss-reactive ketones (excluding diaryl/α,β-unsaturated/α-hetero) is 2. The molecule has 1 spiro atoms. The molecule has 1 aliphatic carbocycles. The predicted octanol–water partition coefficient (Wildman–Crippen LogP) is 3.99. The largest absolute Gasteiger partial charge is 0.495 e. The third kappa shape index (κ3) is 2.86. The van der Waals surface area contributed by atoms with Crippen molar-refractivity contribution < 1.29 is 28.7 Å². The van der Waals surface area contributed by atoms with E-state index in [0.29, 0.717) is 11.3 Å². The van der Waals surface area contributed by atoms with Gasteiger partial charge in [0.05, 0.1) is 30.7 Å². The number of anilines is 1. The van der Waals surface area contributed by atoms with Crippen LogP contribution in [0.25, 0.3) is 0 Å². The maximum absolute atomic E-state index is 14.0. The summed E-state index contributed by atoms with van der Waals surface area (Å²) in [4.78, 5) is 56.4. The van der Waals surface area contributed by atoms with Gasteiger partial charge in [-0.25, -0.2) is 4.90 Å². The quantitative estimate of drug-likeness (QED) is 0.265. The summed E-state index contributed by atoms with van der Waals surface area (Å²) in [5.41, 5.74) is -0.792. The van der Waals surface area contributed by atoms with E-state index in [-0.39, 0.29) is 16.8 Å². The molecule has 2 saturated heterocycles. The molecular weight excluding hydrogens is 561 g/mol. The molecule has 2 amide bonds. The van der Waals surface area contributed by atoms with Crippen LogP contribution in [0.3, 0.4) is 0 Å². The van der Waals surface area contributed by atoms with Gasteiger partial charge in [-0.1, -0.05) is 48.5 Å². The predicted molar refractivity (Wildman–Crippen MR) is 133 cm³/mol. The minimum atomic E-state index is -2.09. The number of rotatable bonds is 3. The Morgan fingerprint density at radius 2 is 1.43 bits per heavy atom. The molecule has 7 nitrogen and oxygen atoms in total. The van der Waals surface area contributed by atoms with Gasteiger partial charge in [0.1, 0.15) is 5.75 Å². The number of halogens is 1. The van der Waals surface area contributed by atoms with Crippen molar-refractivity contribution in [3.8, 4) is 5.75 Å². The molecular formula is C27H18INO6. The standard InChI is InChI=1S/C27H18INO6/c1-34-19-9-5-4-8-18(19)29-25(32)20-21(26(29)33)27(35-22(20)14-10-12-15(28)13-11-14)23(30)16-6-2-3-7-17(16)24(27)31/h2-13,20-22H,1H3/t20-,21+,22+/m0/s1. The van der Waals surface area contributed by atoms with E-state index in [1.807, 2.05) is 12.1 Å². The number of ether oxygens (including phenoxy) is 2. The molecule has 3 aliphatic rings. The van der Waals surface area contributed by atoms with Gasteiger partial charge in [0.2, 0.25) is 29.0 Å².